The Hall–Kier alpha value is -1.87. The first-order chi connectivity index (χ1) is 8.22. The third kappa shape index (κ3) is 2.45. The molecule has 2 rings (SSSR count). The van der Waals surface area contributed by atoms with Crippen LogP contribution in [0.15, 0.2) is 48.5 Å². The topological polar surface area (TPSA) is 29.3 Å². The van der Waals surface area contributed by atoms with Gasteiger partial charge < -0.3 is 10.6 Å². The molecule has 2 aromatic rings. The van der Waals surface area contributed by atoms with Crippen LogP contribution in [0.4, 0.5) is 15.8 Å². The summed E-state index contributed by atoms with van der Waals surface area (Å²) in [6, 6.07) is 14.5. The number of rotatable bonds is 3. The molecule has 0 aliphatic rings. The predicted octanol–water partition coefficient (Wildman–Crippen LogP) is 3.05. The van der Waals surface area contributed by atoms with Crippen molar-refractivity contribution in [3.05, 3.63) is 59.9 Å². The van der Waals surface area contributed by atoms with Gasteiger partial charge in [0.05, 0.1) is 5.69 Å². The molecule has 2 nitrogen and oxygen atoms in total. The first-order valence-corrected chi connectivity index (χ1v) is 5.49. The molecular formula is C14H15FN2. The molecule has 0 aliphatic carbocycles. The highest BCUT2D eigenvalue weighted by Crippen LogP contribution is 2.25. The van der Waals surface area contributed by atoms with E-state index in [0.29, 0.717) is 12.2 Å². The van der Waals surface area contributed by atoms with Gasteiger partial charge in [-0.25, -0.2) is 4.39 Å². The predicted molar refractivity (Wildman–Crippen MR) is 68.8 cm³/mol. The summed E-state index contributed by atoms with van der Waals surface area (Å²) in [5.74, 6) is -0.224. The summed E-state index contributed by atoms with van der Waals surface area (Å²) >= 11 is 0. The van der Waals surface area contributed by atoms with Gasteiger partial charge >= 0.3 is 0 Å². The molecule has 0 unspecified atom stereocenters. The van der Waals surface area contributed by atoms with Gasteiger partial charge in [0.25, 0.3) is 0 Å². The normalized spacial score (nSPS) is 10.3. The number of hydrogen-bond acceptors (Lipinski definition) is 2. The zero-order valence-corrected chi connectivity index (χ0v) is 9.73. The van der Waals surface area contributed by atoms with Crippen LogP contribution in [0.25, 0.3) is 0 Å². The third-order valence-electron chi connectivity index (χ3n) is 2.77. The van der Waals surface area contributed by atoms with E-state index in [1.165, 1.54) is 6.07 Å². The Balaban J connectivity index is 2.30. The molecule has 0 spiro atoms. The summed E-state index contributed by atoms with van der Waals surface area (Å²) in [4.78, 5) is 1.82. The fraction of sp³-hybridized carbons (Fsp3) is 0.143. The molecule has 0 aromatic heterocycles. The number of benzene rings is 2. The van der Waals surface area contributed by atoms with Crippen molar-refractivity contribution in [3.63, 3.8) is 0 Å². The molecule has 0 heterocycles. The molecule has 2 aromatic carbocycles. The Kier molecular flexibility index (Phi) is 3.40. The molecule has 0 saturated carbocycles. The maximum Gasteiger partial charge on any atom is 0.146 e. The fourth-order valence-electron chi connectivity index (χ4n) is 1.72. The van der Waals surface area contributed by atoms with Gasteiger partial charge in [0, 0.05) is 19.3 Å². The lowest BCUT2D eigenvalue weighted by Crippen LogP contribution is -2.11. The molecule has 0 saturated heterocycles. The smallest absolute Gasteiger partial charge is 0.146 e. The lowest BCUT2D eigenvalue weighted by molar-refractivity contribution is 0.627. The minimum Gasteiger partial charge on any atom is -0.342 e. The fourth-order valence-corrected chi connectivity index (χ4v) is 1.72. The minimum atomic E-state index is -0.224. The average molecular weight is 230 g/mol. The van der Waals surface area contributed by atoms with Gasteiger partial charge in [-0.1, -0.05) is 24.3 Å². The van der Waals surface area contributed by atoms with Crippen molar-refractivity contribution < 1.29 is 4.39 Å². The molecule has 0 aliphatic heterocycles. The molecule has 17 heavy (non-hydrogen) atoms. The standard InChI is InChI=1S/C14H15FN2/c1-17(14-5-3-2-4-13(14)15)12-8-6-11(10-16)7-9-12/h2-9H,10,16H2,1H3. The quantitative estimate of drug-likeness (QED) is 0.878. The van der Waals surface area contributed by atoms with Crippen molar-refractivity contribution in [2.24, 2.45) is 5.73 Å². The van der Waals surface area contributed by atoms with Crippen molar-refractivity contribution in [2.75, 3.05) is 11.9 Å². The van der Waals surface area contributed by atoms with Gasteiger partial charge in [-0.15, -0.1) is 0 Å². The van der Waals surface area contributed by atoms with Crippen LogP contribution in [0.3, 0.4) is 0 Å². The molecule has 0 atom stereocenters. The molecule has 0 radical (unpaired) electrons. The average Bonchev–Trinajstić information content (AvgIpc) is 2.39. The van der Waals surface area contributed by atoms with Crippen LogP contribution in [0.1, 0.15) is 5.56 Å². The number of hydrogen-bond donors (Lipinski definition) is 1. The van der Waals surface area contributed by atoms with Crippen LogP contribution in [-0.4, -0.2) is 7.05 Å². The molecular weight excluding hydrogens is 215 g/mol. The SMILES string of the molecule is CN(c1ccc(CN)cc1)c1ccccc1F. The highest BCUT2D eigenvalue weighted by molar-refractivity contribution is 5.63. The van der Waals surface area contributed by atoms with Crippen LogP contribution in [0.2, 0.25) is 0 Å². The molecule has 3 heteroatoms. The molecule has 0 amide bonds. The van der Waals surface area contributed by atoms with E-state index in [4.69, 9.17) is 5.73 Å². The van der Waals surface area contributed by atoms with Gasteiger partial charge in [-0.05, 0) is 29.8 Å². The highest BCUT2D eigenvalue weighted by Gasteiger charge is 2.07. The van der Waals surface area contributed by atoms with E-state index in [-0.39, 0.29) is 5.82 Å². The summed E-state index contributed by atoms with van der Waals surface area (Å²) < 4.78 is 13.6. The highest BCUT2D eigenvalue weighted by atomic mass is 19.1. The number of nitrogens with zero attached hydrogens (tertiary/aromatic N) is 1. The maximum atomic E-state index is 13.6. The molecule has 0 bridgehead atoms. The van der Waals surface area contributed by atoms with Gasteiger partial charge in [0.1, 0.15) is 5.82 Å². The van der Waals surface area contributed by atoms with Crippen LogP contribution < -0.4 is 10.6 Å². The second kappa shape index (κ2) is 4.97. The van der Waals surface area contributed by atoms with Crippen molar-refractivity contribution in [3.8, 4) is 0 Å². The van der Waals surface area contributed by atoms with E-state index in [9.17, 15) is 4.39 Å². The number of halogens is 1. The Labute approximate surface area is 100 Å². The maximum absolute atomic E-state index is 13.6. The van der Waals surface area contributed by atoms with E-state index >= 15 is 0 Å². The molecule has 0 fully saturated rings. The Bertz CT molecular complexity index is 494. The Morgan fingerprint density at radius 3 is 2.29 bits per heavy atom. The second-order valence-corrected chi connectivity index (χ2v) is 3.88. The van der Waals surface area contributed by atoms with E-state index < -0.39 is 0 Å². The number of anilines is 2. The van der Waals surface area contributed by atoms with Crippen LogP contribution in [0, 0.1) is 5.82 Å². The van der Waals surface area contributed by atoms with Gasteiger partial charge in [-0.2, -0.15) is 0 Å². The van der Waals surface area contributed by atoms with E-state index in [1.807, 2.05) is 42.3 Å². The van der Waals surface area contributed by atoms with Gasteiger partial charge in [0.2, 0.25) is 0 Å². The lowest BCUT2D eigenvalue weighted by Gasteiger charge is -2.20. The minimum absolute atomic E-state index is 0.224. The first kappa shape index (κ1) is 11.6. The van der Waals surface area contributed by atoms with Crippen LogP contribution >= 0.6 is 0 Å². The van der Waals surface area contributed by atoms with Gasteiger partial charge in [0.15, 0.2) is 0 Å². The van der Waals surface area contributed by atoms with Crippen molar-refractivity contribution >= 4 is 11.4 Å². The zero-order chi connectivity index (χ0) is 12.3. The number of para-hydroxylation sites is 1. The largest absolute Gasteiger partial charge is 0.342 e. The van der Waals surface area contributed by atoms with Crippen molar-refractivity contribution in [1.82, 2.24) is 0 Å². The molecule has 2 N–H and O–H groups in total. The first-order valence-electron chi connectivity index (χ1n) is 5.49. The summed E-state index contributed by atoms with van der Waals surface area (Å²) in [5.41, 5.74) is 8.10. The second-order valence-electron chi connectivity index (χ2n) is 3.88. The third-order valence-corrected chi connectivity index (χ3v) is 2.77. The lowest BCUT2D eigenvalue weighted by atomic mass is 10.2. The summed E-state index contributed by atoms with van der Waals surface area (Å²) in [7, 11) is 1.84. The van der Waals surface area contributed by atoms with E-state index in [0.717, 1.165) is 11.3 Å². The van der Waals surface area contributed by atoms with Crippen molar-refractivity contribution in [1.29, 1.82) is 0 Å². The van der Waals surface area contributed by atoms with Crippen LogP contribution in [-0.2, 0) is 6.54 Å². The van der Waals surface area contributed by atoms with E-state index in [1.54, 1.807) is 12.1 Å². The van der Waals surface area contributed by atoms with Crippen LogP contribution in [0.5, 0.6) is 0 Å². The van der Waals surface area contributed by atoms with Gasteiger partial charge in [-0.3, -0.25) is 0 Å². The summed E-state index contributed by atoms with van der Waals surface area (Å²) in [6.07, 6.45) is 0. The zero-order valence-electron chi connectivity index (χ0n) is 9.73. The Morgan fingerprint density at radius 2 is 1.71 bits per heavy atom. The number of nitrogens with two attached hydrogens (primary N) is 1. The summed E-state index contributed by atoms with van der Waals surface area (Å²) in [6.45, 7) is 0.518. The van der Waals surface area contributed by atoms with Crippen molar-refractivity contribution in [2.45, 2.75) is 6.54 Å². The van der Waals surface area contributed by atoms with E-state index in [2.05, 4.69) is 0 Å². The molecule has 88 valence electrons. The summed E-state index contributed by atoms with van der Waals surface area (Å²) in [5, 5.41) is 0. The monoisotopic (exact) mass is 230 g/mol. The Morgan fingerprint density at radius 1 is 1.06 bits per heavy atom.